The van der Waals surface area contributed by atoms with Crippen molar-refractivity contribution >= 4 is 88.8 Å². The second-order valence-electron chi connectivity index (χ2n) is 27.5. The van der Waals surface area contributed by atoms with Gasteiger partial charge in [0, 0.05) is 0 Å². The van der Waals surface area contributed by atoms with Crippen LogP contribution < -0.4 is 35.2 Å². The maximum absolute atomic E-state index is 2.71. The van der Waals surface area contributed by atoms with Gasteiger partial charge in [-0.2, -0.15) is 0 Å². The van der Waals surface area contributed by atoms with Gasteiger partial charge >= 0.3 is 599 Å². The number of fused-ring (bicyclic) bond motifs is 8. The minimum absolute atomic E-state index is 0. The molecule has 0 bridgehead atoms. The van der Waals surface area contributed by atoms with E-state index in [9.17, 15) is 0 Å². The monoisotopic (exact) mass is 1690 g/mol. The third-order valence-electron chi connectivity index (χ3n) is 22.0. The minimum Gasteiger partial charge on any atom is -1.00 e. The van der Waals surface area contributed by atoms with Crippen molar-refractivity contribution in [3.05, 3.63) is 370 Å². The average molecular weight is 1690 g/mol. The first-order chi connectivity index (χ1) is 48.2. The van der Waals surface area contributed by atoms with Gasteiger partial charge < -0.3 is 24.8 Å². The van der Waals surface area contributed by atoms with Crippen LogP contribution in [0.4, 0.5) is 0 Å². The van der Waals surface area contributed by atoms with Crippen molar-refractivity contribution in [1.29, 1.82) is 0 Å². The molecule has 0 spiro atoms. The van der Waals surface area contributed by atoms with Gasteiger partial charge in [-0.1, -0.05) is 0 Å². The molecule has 0 N–H and O–H groups in total. The molecular formula is C94H76Cl2Hf2Si2-2. The molecule has 0 aliphatic heterocycles. The molecule has 14 aromatic carbocycles. The minimum atomic E-state index is -2.71. The van der Waals surface area contributed by atoms with Crippen LogP contribution in [-0.4, -0.2) is 11.0 Å². The van der Waals surface area contributed by atoms with Crippen LogP contribution in [-0.2, 0) is 40.1 Å². The molecule has 4 aliphatic rings. The maximum Gasteiger partial charge on any atom is -1.00 e. The Balaban J connectivity index is 0.000000159. The molecule has 0 heterocycles. The fourth-order valence-electron chi connectivity index (χ4n) is 17.5. The van der Waals surface area contributed by atoms with Crippen LogP contribution >= 0.6 is 0 Å². The van der Waals surface area contributed by atoms with Crippen LogP contribution in [0.15, 0.2) is 326 Å². The summed E-state index contributed by atoms with van der Waals surface area (Å²) in [5, 5.41) is 13.8. The summed E-state index contributed by atoms with van der Waals surface area (Å²) in [6.45, 7) is 15.1. The fourth-order valence-corrected chi connectivity index (χ4v) is 82.4. The first-order valence-corrected chi connectivity index (χ1v) is 57.9. The van der Waals surface area contributed by atoms with Gasteiger partial charge in [0.1, 0.15) is 0 Å². The zero-order valence-corrected chi connectivity index (χ0v) is 67.9. The van der Waals surface area contributed by atoms with E-state index >= 15 is 0 Å². The number of rotatable bonds is 10. The van der Waals surface area contributed by atoms with Gasteiger partial charge in [-0.25, -0.2) is 0 Å². The zero-order valence-electron chi connectivity index (χ0n) is 57.2. The van der Waals surface area contributed by atoms with Crippen LogP contribution in [0.2, 0.25) is 13.1 Å². The van der Waals surface area contributed by atoms with E-state index in [2.05, 4.69) is 368 Å². The first-order valence-electron chi connectivity index (χ1n) is 34.9. The molecule has 6 heteroatoms. The Kier molecular flexibility index (Phi) is 19.4. The van der Waals surface area contributed by atoms with Gasteiger partial charge in [0.25, 0.3) is 0 Å². The van der Waals surface area contributed by atoms with Crippen molar-refractivity contribution < 1.29 is 64.9 Å². The van der Waals surface area contributed by atoms with Gasteiger partial charge in [-0.05, 0) is 0 Å². The van der Waals surface area contributed by atoms with E-state index < -0.39 is 51.1 Å². The third kappa shape index (κ3) is 11.9. The molecule has 14 aromatic rings. The fraction of sp³-hybridized carbons (Fsp3) is 0.106. The molecule has 4 aliphatic carbocycles. The van der Waals surface area contributed by atoms with E-state index in [0.29, 0.717) is 14.7 Å². The normalized spacial score (nSPS) is 16.0. The molecule has 100 heavy (non-hydrogen) atoms. The average Bonchev–Trinajstić information content (AvgIpc) is 1.58. The Bertz CT molecular complexity index is 5110. The Hall–Kier alpha value is -8.17. The molecule has 0 aromatic heterocycles. The van der Waals surface area contributed by atoms with Crippen LogP contribution in [0, 0.1) is 0 Å². The SMILES string of the molecule is CC1=Cc2c(-c3cccc4ccccc34)cccc2[CH]1[Hf]([CH]1C(C)=Cc2c(-c3cccc4ccccc34)cccc21)=[Si](C)c1ccccc1.CC1=Cc2c(-c3cccc4ccccc34)cccc2[CH]1[Hf]([CH]1C(C)=Cc2c(-c3cccc4ccccc34)cccc21)=[Si](C)c1ccccc1.[Cl-].[Cl-]. The molecule has 0 saturated carbocycles. The summed E-state index contributed by atoms with van der Waals surface area (Å²) in [6, 6.07) is 114. The molecule has 4 atom stereocenters. The molecule has 4 unspecified atom stereocenters. The van der Waals surface area contributed by atoms with Crippen molar-refractivity contribution in [2.24, 2.45) is 0 Å². The van der Waals surface area contributed by atoms with Gasteiger partial charge in [-0.15, -0.1) is 0 Å². The quantitative estimate of drug-likeness (QED) is 0.120. The molecule has 0 amide bonds. The van der Waals surface area contributed by atoms with Crippen molar-refractivity contribution in [1.82, 2.24) is 0 Å². The van der Waals surface area contributed by atoms with E-state index in [-0.39, 0.29) is 24.8 Å². The molecule has 0 saturated heterocycles. The first kappa shape index (κ1) is 67.6. The summed E-state index contributed by atoms with van der Waals surface area (Å²) in [7, 11) is 0. The smallest absolute Gasteiger partial charge is 1.00 e. The summed E-state index contributed by atoms with van der Waals surface area (Å²) in [5.74, 6) is 0. The molecule has 0 fully saturated rings. The molecule has 484 valence electrons. The standard InChI is InChI=1S/4C20H15.2C7H8Si.2ClH.2Hf/c4*1-14-12-16-8-5-11-19(20(16)13-14)18-10-4-7-15-6-2-3-9-17(15)18;2*1-8-7-5-3-2-4-6-7;;;;/h4*2-13H,1H3;2*2-6H,1H3;2*1H;;/p-2. The molecular weight excluding hydrogens is 1610 g/mol. The van der Waals surface area contributed by atoms with Crippen molar-refractivity contribution in [2.45, 2.75) is 55.5 Å². The van der Waals surface area contributed by atoms with Crippen molar-refractivity contribution in [2.75, 3.05) is 0 Å². The van der Waals surface area contributed by atoms with E-state index in [1.165, 1.54) is 110 Å². The largest absolute Gasteiger partial charge is 1.00 e. The number of halogens is 2. The van der Waals surface area contributed by atoms with Crippen LogP contribution in [0.25, 0.3) is 112 Å². The predicted molar refractivity (Wildman–Crippen MR) is 418 cm³/mol. The zero-order chi connectivity index (χ0) is 66.1. The molecule has 18 rings (SSSR count). The maximum atomic E-state index is 2.67. The summed E-state index contributed by atoms with van der Waals surface area (Å²) >= 11 is -5.41. The summed E-state index contributed by atoms with van der Waals surface area (Å²) in [5.41, 5.74) is 27.7. The molecule has 0 radical (unpaired) electrons. The second kappa shape index (κ2) is 28.7. The second-order valence-corrected chi connectivity index (χ2v) is 71.6. The predicted octanol–water partition coefficient (Wildman–Crippen LogP) is 18.2. The third-order valence-corrected chi connectivity index (χ3v) is 80.4. The summed E-state index contributed by atoms with van der Waals surface area (Å²) in [4.78, 5) is 0. The van der Waals surface area contributed by atoms with Crippen LogP contribution in [0.5, 0.6) is 0 Å². The van der Waals surface area contributed by atoms with Crippen LogP contribution in [0.1, 0.15) is 86.9 Å². The van der Waals surface area contributed by atoms with Gasteiger partial charge in [0.15, 0.2) is 0 Å². The van der Waals surface area contributed by atoms with Gasteiger partial charge in [0.05, 0.1) is 0 Å². The van der Waals surface area contributed by atoms with Crippen molar-refractivity contribution in [3.63, 3.8) is 0 Å². The number of benzene rings is 14. The Morgan fingerprint density at radius 1 is 0.220 bits per heavy atom. The Morgan fingerprint density at radius 2 is 0.420 bits per heavy atom. The number of hydrogen-bond acceptors (Lipinski definition) is 0. The number of hydrogen-bond donors (Lipinski definition) is 0. The van der Waals surface area contributed by atoms with Crippen molar-refractivity contribution in [3.8, 4) is 44.5 Å². The van der Waals surface area contributed by atoms with E-state index in [1.54, 1.807) is 54.9 Å². The number of allylic oxidation sites excluding steroid dienone is 4. The van der Waals surface area contributed by atoms with Gasteiger partial charge in [0.2, 0.25) is 0 Å². The van der Waals surface area contributed by atoms with Crippen LogP contribution in [0.3, 0.4) is 0 Å². The molecule has 0 nitrogen and oxygen atoms in total. The van der Waals surface area contributed by atoms with E-state index in [0.717, 1.165) is 0 Å². The Morgan fingerprint density at radius 3 is 0.670 bits per heavy atom. The summed E-state index contributed by atoms with van der Waals surface area (Å²) in [6.07, 6.45) is 10.3. The van der Waals surface area contributed by atoms with E-state index in [4.69, 9.17) is 0 Å². The van der Waals surface area contributed by atoms with E-state index in [1.807, 2.05) is 0 Å². The van der Waals surface area contributed by atoms with Gasteiger partial charge in [-0.3, -0.25) is 0 Å². The Labute approximate surface area is 617 Å². The summed E-state index contributed by atoms with van der Waals surface area (Å²) < 4.78 is 2.20. The topological polar surface area (TPSA) is 0 Å².